The molecular formula is C24H25N3O4. The third kappa shape index (κ3) is 6.50. The van der Waals surface area contributed by atoms with Crippen molar-refractivity contribution in [3.63, 3.8) is 0 Å². The van der Waals surface area contributed by atoms with Gasteiger partial charge in [0.25, 0.3) is 5.91 Å². The van der Waals surface area contributed by atoms with Crippen molar-refractivity contribution in [2.45, 2.75) is 6.61 Å². The van der Waals surface area contributed by atoms with Crippen molar-refractivity contribution < 1.29 is 19.0 Å². The number of nitrogens with zero attached hydrogens (tertiary/aromatic N) is 1. The highest BCUT2D eigenvalue weighted by molar-refractivity contribution is 5.85. The van der Waals surface area contributed by atoms with Crippen molar-refractivity contribution in [3.8, 4) is 17.2 Å². The minimum Gasteiger partial charge on any atom is -0.495 e. The first-order chi connectivity index (χ1) is 15.2. The molecule has 7 nitrogen and oxygen atoms in total. The standard InChI is InChI=1S/C24H25N3O4/c1-29-21-11-7-6-10-20(21)25-16-24(28)27-26-15-19-12-13-22(30-2)23(14-19)31-17-18-8-4-3-5-9-18/h3-15,25H,16-17H2,1-2H3,(H,27,28)/b26-15-. The number of hydrazone groups is 1. The van der Waals surface area contributed by atoms with E-state index >= 15 is 0 Å². The largest absolute Gasteiger partial charge is 0.495 e. The Morgan fingerprint density at radius 2 is 1.65 bits per heavy atom. The van der Waals surface area contributed by atoms with Crippen LogP contribution >= 0.6 is 0 Å². The number of hydrogen-bond donors (Lipinski definition) is 2. The molecule has 0 aliphatic carbocycles. The lowest BCUT2D eigenvalue weighted by atomic mass is 10.2. The quantitative estimate of drug-likeness (QED) is 0.385. The van der Waals surface area contributed by atoms with Crippen molar-refractivity contribution in [2.75, 3.05) is 26.1 Å². The number of hydrogen-bond acceptors (Lipinski definition) is 6. The predicted molar refractivity (Wildman–Crippen MR) is 121 cm³/mol. The molecule has 0 atom stereocenters. The first kappa shape index (κ1) is 21.7. The summed E-state index contributed by atoms with van der Waals surface area (Å²) in [5.74, 6) is 1.61. The molecular weight excluding hydrogens is 394 g/mol. The van der Waals surface area contributed by atoms with Crippen molar-refractivity contribution in [1.29, 1.82) is 0 Å². The van der Waals surface area contributed by atoms with Crippen LogP contribution in [-0.2, 0) is 11.4 Å². The van der Waals surface area contributed by atoms with Gasteiger partial charge in [0, 0.05) is 0 Å². The number of anilines is 1. The lowest BCUT2D eigenvalue weighted by molar-refractivity contribution is -0.119. The van der Waals surface area contributed by atoms with Gasteiger partial charge in [-0.1, -0.05) is 42.5 Å². The molecule has 0 radical (unpaired) electrons. The Labute approximate surface area is 181 Å². The van der Waals surface area contributed by atoms with E-state index in [1.54, 1.807) is 26.5 Å². The zero-order valence-electron chi connectivity index (χ0n) is 17.5. The maximum absolute atomic E-state index is 12.1. The molecule has 7 heteroatoms. The SMILES string of the molecule is COc1ccccc1NCC(=O)N/N=C\c1ccc(OC)c(OCc2ccccc2)c1. The Balaban J connectivity index is 1.55. The fourth-order valence-electron chi connectivity index (χ4n) is 2.81. The molecule has 1 amide bonds. The van der Waals surface area contributed by atoms with E-state index in [1.807, 2.05) is 66.7 Å². The van der Waals surface area contributed by atoms with Gasteiger partial charge in [-0.05, 0) is 41.5 Å². The van der Waals surface area contributed by atoms with Gasteiger partial charge in [-0.2, -0.15) is 5.10 Å². The summed E-state index contributed by atoms with van der Waals surface area (Å²) < 4.78 is 16.5. The normalized spacial score (nSPS) is 10.5. The maximum atomic E-state index is 12.1. The van der Waals surface area contributed by atoms with Crippen LogP contribution in [0.1, 0.15) is 11.1 Å². The maximum Gasteiger partial charge on any atom is 0.259 e. The Morgan fingerprint density at radius 3 is 2.42 bits per heavy atom. The van der Waals surface area contributed by atoms with E-state index in [-0.39, 0.29) is 12.5 Å². The lowest BCUT2D eigenvalue weighted by Gasteiger charge is -2.11. The van der Waals surface area contributed by atoms with Gasteiger partial charge in [-0.25, -0.2) is 5.43 Å². The molecule has 31 heavy (non-hydrogen) atoms. The molecule has 0 bridgehead atoms. The van der Waals surface area contributed by atoms with Crippen molar-refractivity contribution >= 4 is 17.8 Å². The van der Waals surface area contributed by atoms with E-state index in [1.165, 1.54) is 0 Å². The average molecular weight is 419 g/mol. The molecule has 0 unspecified atom stereocenters. The van der Waals surface area contributed by atoms with Crippen molar-refractivity contribution in [1.82, 2.24) is 5.43 Å². The van der Waals surface area contributed by atoms with Gasteiger partial charge < -0.3 is 19.5 Å². The summed E-state index contributed by atoms with van der Waals surface area (Å²) in [6, 6.07) is 22.7. The van der Waals surface area contributed by atoms with E-state index in [4.69, 9.17) is 14.2 Å². The van der Waals surface area contributed by atoms with E-state index in [9.17, 15) is 4.79 Å². The second kappa shape index (κ2) is 11.3. The monoisotopic (exact) mass is 419 g/mol. The number of ether oxygens (including phenoxy) is 3. The molecule has 0 aliphatic heterocycles. The smallest absolute Gasteiger partial charge is 0.259 e. The third-order valence-electron chi connectivity index (χ3n) is 4.37. The number of rotatable bonds is 10. The van der Waals surface area contributed by atoms with E-state index < -0.39 is 0 Å². The number of methoxy groups -OCH3 is 2. The first-order valence-corrected chi connectivity index (χ1v) is 9.73. The third-order valence-corrected chi connectivity index (χ3v) is 4.37. The molecule has 3 aromatic rings. The summed E-state index contributed by atoms with van der Waals surface area (Å²) in [6.07, 6.45) is 1.55. The van der Waals surface area contributed by atoms with Crippen LogP contribution in [0, 0.1) is 0 Å². The van der Waals surface area contributed by atoms with Crippen LogP contribution in [0.2, 0.25) is 0 Å². The number of para-hydroxylation sites is 2. The van der Waals surface area contributed by atoms with Crippen LogP contribution in [0.3, 0.4) is 0 Å². The Bertz CT molecular complexity index is 1020. The molecule has 3 rings (SSSR count). The zero-order chi connectivity index (χ0) is 21.9. The van der Waals surface area contributed by atoms with Crippen LogP contribution < -0.4 is 25.0 Å². The molecule has 3 aromatic carbocycles. The minimum absolute atomic E-state index is 0.0613. The summed E-state index contributed by atoms with van der Waals surface area (Å²) in [5, 5.41) is 7.04. The second-order valence-corrected chi connectivity index (χ2v) is 6.53. The summed E-state index contributed by atoms with van der Waals surface area (Å²) in [4.78, 5) is 12.1. The average Bonchev–Trinajstić information content (AvgIpc) is 2.82. The number of amides is 1. The second-order valence-electron chi connectivity index (χ2n) is 6.53. The molecule has 0 aromatic heterocycles. The summed E-state index contributed by atoms with van der Waals surface area (Å²) in [7, 11) is 3.17. The Kier molecular flexibility index (Phi) is 7.88. The fourth-order valence-corrected chi connectivity index (χ4v) is 2.81. The molecule has 160 valence electrons. The van der Waals surface area contributed by atoms with Gasteiger partial charge in [-0.15, -0.1) is 0 Å². The molecule has 0 fully saturated rings. The zero-order valence-corrected chi connectivity index (χ0v) is 17.5. The van der Waals surface area contributed by atoms with Crippen LogP contribution in [0.15, 0.2) is 77.9 Å². The topological polar surface area (TPSA) is 81.2 Å². The fraction of sp³-hybridized carbons (Fsp3) is 0.167. The predicted octanol–water partition coefficient (Wildman–Crippen LogP) is 3.85. The van der Waals surface area contributed by atoms with E-state index in [0.717, 1.165) is 16.8 Å². The highest BCUT2D eigenvalue weighted by Crippen LogP contribution is 2.28. The van der Waals surface area contributed by atoms with Crippen LogP contribution in [0.5, 0.6) is 17.2 Å². The van der Waals surface area contributed by atoms with Crippen LogP contribution in [0.4, 0.5) is 5.69 Å². The van der Waals surface area contributed by atoms with E-state index in [0.29, 0.717) is 23.9 Å². The Morgan fingerprint density at radius 1 is 0.903 bits per heavy atom. The minimum atomic E-state index is -0.281. The van der Waals surface area contributed by atoms with Gasteiger partial charge >= 0.3 is 0 Å². The highest BCUT2D eigenvalue weighted by atomic mass is 16.5. The highest BCUT2D eigenvalue weighted by Gasteiger charge is 2.07. The molecule has 0 heterocycles. The Hall–Kier alpha value is -4.00. The van der Waals surface area contributed by atoms with Crippen LogP contribution in [0.25, 0.3) is 0 Å². The van der Waals surface area contributed by atoms with Gasteiger partial charge in [-0.3, -0.25) is 4.79 Å². The van der Waals surface area contributed by atoms with Crippen LogP contribution in [-0.4, -0.2) is 32.9 Å². The molecule has 2 N–H and O–H groups in total. The number of benzene rings is 3. The number of carbonyl (C=O) groups is 1. The van der Waals surface area contributed by atoms with Gasteiger partial charge in [0.1, 0.15) is 12.4 Å². The molecule has 0 saturated carbocycles. The molecule has 0 spiro atoms. The molecule has 0 saturated heterocycles. The number of nitrogens with one attached hydrogen (secondary N) is 2. The van der Waals surface area contributed by atoms with Crippen molar-refractivity contribution in [2.24, 2.45) is 5.10 Å². The van der Waals surface area contributed by atoms with E-state index in [2.05, 4.69) is 15.8 Å². The van der Waals surface area contributed by atoms with Gasteiger partial charge in [0.2, 0.25) is 0 Å². The first-order valence-electron chi connectivity index (χ1n) is 9.73. The van der Waals surface area contributed by atoms with Gasteiger partial charge in [0.05, 0.1) is 32.7 Å². The summed E-state index contributed by atoms with van der Waals surface area (Å²) in [6.45, 7) is 0.481. The molecule has 0 aliphatic rings. The lowest BCUT2D eigenvalue weighted by Crippen LogP contribution is -2.26. The summed E-state index contributed by atoms with van der Waals surface area (Å²) >= 11 is 0. The van der Waals surface area contributed by atoms with Crippen molar-refractivity contribution in [3.05, 3.63) is 83.9 Å². The summed E-state index contributed by atoms with van der Waals surface area (Å²) in [5.41, 5.74) is 5.06. The number of carbonyl (C=O) groups excluding carboxylic acids is 1. The van der Waals surface area contributed by atoms with Gasteiger partial charge in [0.15, 0.2) is 11.5 Å².